The number of para-hydroxylation sites is 1. The summed E-state index contributed by atoms with van der Waals surface area (Å²) < 4.78 is 13.6. The van der Waals surface area contributed by atoms with E-state index in [-0.39, 0.29) is 18.1 Å². The third-order valence-electron chi connectivity index (χ3n) is 4.88. The molecule has 136 valence electrons. The van der Waals surface area contributed by atoms with E-state index in [2.05, 4.69) is 31.4 Å². The van der Waals surface area contributed by atoms with E-state index in [1.165, 1.54) is 18.9 Å². The van der Waals surface area contributed by atoms with Gasteiger partial charge in [-0.3, -0.25) is 9.69 Å². The number of nitrogens with zero attached hydrogens (tertiary/aromatic N) is 4. The first-order valence-corrected chi connectivity index (χ1v) is 9.04. The summed E-state index contributed by atoms with van der Waals surface area (Å²) in [5, 5.41) is 11.3. The molecule has 1 saturated carbocycles. The largest absolute Gasteiger partial charge is 0.353 e. The van der Waals surface area contributed by atoms with Crippen molar-refractivity contribution in [3.8, 4) is 0 Å². The minimum Gasteiger partial charge on any atom is -0.353 e. The molecule has 7 heteroatoms. The van der Waals surface area contributed by atoms with Gasteiger partial charge in [-0.1, -0.05) is 12.1 Å². The van der Waals surface area contributed by atoms with Crippen LogP contribution >= 0.6 is 0 Å². The number of halogens is 1. The lowest BCUT2D eigenvalue weighted by molar-refractivity contribution is -0.117. The predicted octanol–water partition coefficient (Wildman–Crippen LogP) is 2.25. The van der Waals surface area contributed by atoms with Gasteiger partial charge in [-0.15, -0.1) is 5.10 Å². The van der Waals surface area contributed by atoms with E-state index in [0.717, 1.165) is 37.7 Å². The second kappa shape index (κ2) is 7.37. The van der Waals surface area contributed by atoms with E-state index in [4.69, 9.17) is 0 Å². The summed E-state index contributed by atoms with van der Waals surface area (Å²) in [6, 6.07) is 10.3. The molecule has 0 radical (unpaired) electrons. The fraction of sp³-hybridized carbons (Fsp3) is 0.421. The van der Waals surface area contributed by atoms with Gasteiger partial charge >= 0.3 is 0 Å². The molecule has 0 atom stereocenters. The molecule has 1 aliphatic heterocycles. The number of anilines is 2. The van der Waals surface area contributed by atoms with Crippen LogP contribution in [0.25, 0.3) is 0 Å². The lowest BCUT2D eigenvalue weighted by Crippen LogP contribution is -2.49. The molecule has 1 aromatic heterocycles. The Bertz CT molecular complexity index is 770. The molecule has 0 bridgehead atoms. The number of benzene rings is 1. The highest BCUT2D eigenvalue weighted by atomic mass is 19.1. The van der Waals surface area contributed by atoms with Gasteiger partial charge in [-0.2, -0.15) is 5.10 Å². The first-order chi connectivity index (χ1) is 12.7. The van der Waals surface area contributed by atoms with Crippen LogP contribution in [0.15, 0.2) is 36.4 Å². The van der Waals surface area contributed by atoms with Gasteiger partial charge in [0.25, 0.3) is 0 Å². The van der Waals surface area contributed by atoms with Crippen molar-refractivity contribution in [1.29, 1.82) is 0 Å². The summed E-state index contributed by atoms with van der Waals surface area (Å²) in [5.41, 5.74) is 1.32. The van der Waals surface area contributed by atoms with E-state index in [1.807, 2.05) is 6.07 Å². The van der Waals surface area contributed by atoms with Gasteiger partial charge in [0.2, 0.25) is 5.91 Å². The molecule has 2 heterocycles. The van der Waals surface area contributed by atoms with Gasteiger partial charge in [0.1, 0.15) is 5.82 Å². The lowest BCUT2D eigenvalue weighted by Gasteiger charge is -2.34. The lowest BCUT2D eigenvalue weighted by atomic mass is 10.2. The maximum absolute atomic E-state index is 13.6. The molecule has 2 aromatic rings. The third-order valence-corrected chi connectivity index (χ3v) is 4.88. The first kappa shape index (κ1) is 16.9. The van der Waals surface area contributed by atoms with Gasteiger partial charge in [0.05, 0.1) is 17.9 Å². The quantitative estimate of drug-likeness (QED) is 0.891. The van der Waals surface area contributed by atoms with Crippen LogP contribution in [0.2, 0.25) is 0 Å². The minimum absolute atomic E-state index is 0.197. The molecule has 1 saturated heterocycles. The van der Waals surface area contributed by atoms with Crippen LogP contribution in [0.3, 0.4) is 0 Å². The molecule has 1 amide bonds. The molecule has 6 nitrogen and oxygen atoms in total. The summed E-state index contributed by atoms with van der Waals surface area (Å²) >= 11 is 0. The number of piperazine rings is 1. The van der Waals surface area contributed by atoms with Gasteiger partial charge in [-0.25, -0.2) is 4.39 Å². The number of rotatable bonds is 5. The van der Waals surface area contributed by atoms with Crippen molar-refractivity contribution in [3.63, 3.8) is 0 Å². The summed E-state index contributed by atoms with van der Waals surface area (Å²) in [6.07, 6.45) is 2.45. The Morgan fingerprint density at radius 3 is 2.50 bits per heavy atom. The number of carbonyl (C=O) groups excluding carboxylic acids is 1. The highest BCUT2D eigenvalue weighted by Crippen LogP contribution is 2.38. The first-order valence-electron chi connectivity index (χ1n) is 9.04. The summed E-state index contributed by atoms with van der Waals surface area (Å²) in [6.45, 7) is 3.37. The molecular formula is C19H22FN5O. The summed E-state index contributed by atoms with van der Waals surface area (Å²) in [4.78, 5) is 16.4. The number of carbonyl (C=O) groups is 1. The molecule has 26 heavy (non-hydrogen) atoms. The van der Waals surface area contributed by atoms with E-state index in [9.17, 15) is 9.18 Å². The molecule has 1 aromatic carbocycles. The second-order valence-corrected chi connectivity index (χ2v) is 6.88. The normalized spacial score (nSPS) is 18.0. The molecule has 0 unspecified atom stereocenters. The van der Waals surface area contributed by atoms with Crippen LogP contribution < -0.4 is 10.2 Å². The Labute approximate surface area is 152 Å². The monoisotopic (exact) mass is 355 g/mol. The van der Waals surface area contributed by atoms with Crippen molar-refractivity contribution in [1.82, 2.24) is 15.1 Å². The molecule has 2 fully saturated rings. The zero-order chi connectivity index (χ0) is 17.9. The third kappa shape index (κ3) is 3.99. The molecule has 4 rings (SSSR count). The maximum Gasteiger partial charge on any atom is 0.238 e. The van der Waals surface area contributed by atoms with Crippen LogP contribution in [0, 0.1) is 5.82 Å². The average molecular weight is 355 g/mol. The minimum atomic E-state index is -0.418. The molecule has 0 spiro atoms. The van der Waals surface area contributed by atoms with Crippen molar-refractivity contribution in [2.75, 3.05) is 42.9 Å². The zero-order valence-corrected chi connectivity index (χ0v) is 14.6. The Kier molecular flexibility index (Phi) is 4.79. The number of hydrogen-bond donors (Lipinski definition) is 1. The van der Waals surface area contributed by atoms with Crippen molar-refractivity contribution in [3.05, 3.63) is 47.9 Å². The van der Waals surface area contributed by atoms with E-state index in [0.29, 0.717) is 5.92 Å². The topological polar surface area (TPSA) is 61.4 Å². The second-order valence-electron chi connectivity index (χ2n) is 6.88. The fourth-order valence-corrected chi connectivity index (χ4v) is 3.19. The predicted molar refractivity (Wildman–Crippen MR) is 97.7 cm³/mol. The Hall–Kier alpha value is -2.54. The highest BCUT2D eigenvalue weighted by Gasteiger charge is 2.26. The zero-order valence-electron chi connectivity index (χ0n) is 14.6. The van der Waals surface area contributed by atoms with Crippen molar-refractivity contribution in [2.45, 2.75) is 18.8 Å². The van der Waals surface area contributed by atoms with Crippen molar-refractivity contribution < 1.29 is 9.18 Å². The molecule has 1 N–H and O–H groups in total. The SMILES string of the molecule is O=C(CN1CCN(c2ccc(C3CC3)nn2)CC1)Nc1ccccc1F. The van der Waals surface area contributed by atoms with Crippen molar-refractivity contribution >= 4 is 17.4 Å². The smallest absolute Gasteiger partial charge is 0.238 e. The van der Waals surface area contributed by atoms with E-state index >= 15 is 0 Å². The van der Waals surface area contributed by atoms with Gasteiger partial charge in [0, 0.05) is 32.1 Å². The number of nitrogens with one attached hydrogen (secondary N) is 1. The van der Waals surface area contributed by atoms with Crippen LogP contribution in [0.1, 0.15) is 24.5 Å². The Balaban J connectivity index is 1.26. The molecular weight excluding hydrogens is 333 g/mol. The van der Waals surface area contributed by atoms with Gasteiger partial charge < -0.3 is 10.2 Å². The number of amides is 1. The Morgan fingerprint density at radius 1 is 1.08 bits per heavy atom. The van der Waals surface area contributed by atoms with Gasteiger partial charge in [-0.05, 0) is 37.1 Å². The van der Waals surface area contributed by atoms with E-state index < -0.39 is 5.82 Å². The maximum atomic E-state index is 13.6. The summed E-state index contributed by atoms with van der Waals surface area (Å²) in [5.74, 6) is 0.891. The van der Waals surface area contributed by atoms with Crippen LogP contribution in [-0.2, 0) is 4.79 Å². The standard InChI is InChI=1S/C19H22FN5O/c20-15-3-1-2-4-17(15)21-19(26)13-24-9-11-25(12-10-24)18-8-7-16(22-23-18)14-5-6-14/h1-4,7-8,14H,5-6,9-13H2,(H,21,26). The average Bonchev–Trinajstić information content (AvgIpc) is 3.50. The van der Waals surface area contributed by atoms with Crippen LogP contribution in [-0.4, -0.2) is 53.7 Å². The van der Waals surface area contributed by atoms with Crippen LogP contribution in [0.5, 0.6) is 0 Å². The van der Waals surface area contributed by atoms with Gasteiger partial charge in [0.15, 0.2) is 5.82 Å². The number of aromatic nitrogens is 2. The molecule has 2 aliphatic rings. The number of hydrogen-bond acceptors (Lipinski definition) is 5. The highest BCUT2D eigenvalue weighted by molar-refractivity contribution is 5.92. The summed E-state index contributed by atoms with van der Waals surface area (Å²) in [7, 11) is 0. The van der Waals surface area contributed by atoms with Crippen LogP contribution in [0.4, 0.5) is 15.9 Å². The molecule has 1 aliphatic carbocycles. The Morgan fingerprint density at radius 2 is 1.85 bits per heavy atom. The van der Waals surface area contributed by atoms with Crippen molar-refractivity contribution in [2.24, 2.45) is 0 Å². The fourth-order valence-electron chi connectivity index (χ4n) is 3.19. The van der Waals surface area contributed by atoms with E-state index in [1.54, 1.807) is 18.2 Å².